The van der Waals surface area contributed by atoms with Gasteiger partial charge in [-0.25, -0.2) is 0 Å². The molecule has 29 heavy (non-hydrogen) atoms. The summed E-state index contributed by atoms with van der Waals surface area (Å²) in [6.45, 7) is 7.82. The van der Waals surface area contributed by atoms with Crippen molar-refractivity contribution in [3.05, 3.63) is 35.4 Å². The van der Waals surface area contributed by atoms with E-state index in [1.165, 1.54) is 30.5 Å². The quantitative estimate of drug-likeness (QED) is 0.255. The minimum atomic E-state index is 0. The summed E-state index contributed by atoms with van der Waals surface area (Å²) in [6.07, 6.45) is 4.91. The molecule has 2 aliphatic heterocycles. The van der Waals surface area contributed by atoms with Gasteiger partial charge >= 0.3 is 0 Å². The zero-order valence-corrected chi connectivity index (χ0v) is 20.2. The number of hydrogen-bond acceptors (Lipinski definition) is 3. The van der Waals surface area contributed by atoms with Crippen molar-refractivity contribution < 1.29 is 4.79 Å². The first kappa shape index (κ1) is 23.9. The molecular formula is C22H36IN5O. The highest BCUT2D eigenvalue weighted by molar-refractivity contribution is 14.0. The van der Waals surface area contributed by atoms with E-state index in [4.69, 9.17) is 0 Å². The van der Waals surface area contributed by atoms with E-state index >= 15 is 0 Å². The Bertz CT molecular complexity index is 681. The van der Waals surface area contributed by atoms with Gasteiger partial charge in [0.1, 0.15) is 0 Å². The first-order chi connectivity index (χ1) is 13.7. The number of fused-ring (bicyclic) bond motifs is 1. The standard InChI is InChI=1S/C22H35N5O.HI/c1-3-26-14-7-10-20(26)16-25-22(23-2)24-13-6-11-21(28)27-15-12-18-8-4-5-9-19(18)17-27;/h4-5,8-9,20H,3,6-7,10-17H2,1-2H3,(H2,23,24,25);1H. The Morgan fingerprint density at radius 2 is 2.00 bits per heavy atom. The number of benzene rings is 1. The van der Waals surface area contributed by atoms with Gasteiger partial charge in [-0.2, -0.15) is 0 Å². The highest BCUT2D eigenvalue weighted by Gasteiger charge is 2.23. The molecule has 0 radical (unpaired) electrons. The predicted octanol–water partition coefficient (Wildman–Crippen LogP) is 2.62. The van der Waals surface area contributed by atoms with E-state index < -0.39 is 0 Å². The monoisotopic (exact) mass is 513 g/mol. The van der Waals surface area contributed by atoms with Crippen LogP contribution in [-0.2, 0) is 17.8 Å². The largest absolute Gasteiger partial charge is 0.356 e. The van der Waals surface area contributed by atoms with Crippen LogP contribution in [0.5, 0.6) is 0 Å². The van der Waals surface area contributed by atoms with Crippen molar-refractivity contribution >= 4 is 35.8 Å². The van der Waals surface area contributed by atoms with Crippen molar-refractivity contribution in [1.29, 1.82) is 0 Å². The molecule has 3 rings (SSSR count). The zero-order chi connectivity index (χ0) is 19.8. The van der Waals surface area contributed by atoms with Crippen molar-refractivity contribution in [1.82, 2.24) is 20.4 Å². The molecule has 0 aromatic heterocycles. The van der Waals surface area contributed by atoms with Crippen LogP contribution in [0.4, 0.5) is 0 Å². The molecule has 0 saturated carbocycles. The van der Waals surface area contributed by atoms with Crippen LogP contribution in [0.15, 0.2) is 29.3 Å². The van der Waals surface area contributed by atoms with E-state index in [0.29, 0.717) is 12.5 Å². The molecule has 1 fully saturated rings. The highest BCUT2D eigenvalue weighted by Crippen LogP contribution is 2.19. The Labute approximate surface area is 192 Å². The number of nitrogens with one attached hydrogen (secondary N) is 2. The van der Waals surface area contributed by atoms with E-state index in [-0.39, 0.29) is 29.9 Å². The maximum atomic E-state index is 12.5. The number of amides is 1. The van der Waals surface area contributed by atoms with Gasteiger partial charge in [0.2, 0.25) is 5.91 Å². The molecule has 2 heterocycles. The number of guanidine groups is 1. The first-order valence-electron chi connectivity index (χ1n) is 10.7. The lowest BCUT2D eigenvalue weighted by atomic mass is 9.99. The molecule has 1 unspecified atom stereocenters. The summed E-state index contributed by atoms with van der Waals surface area (Å²) in [5.41, 5.74) is 2.67. The molecule has 6 nitrogen and oxygen atoms in total. The van der Waals surface area contributed by atoms with Crippen LogP contribution >= 0.6 is 24.0 Å². The summed E-state index contributed by atoms with van der Waals surface area (Å²) in [4.78, 5) is 21.4. The Hall–Kier alpha value is -1.35. The van der Waals surface area contributed by atoms with E-state index in [1.54, 1.807) is 7.05 Å². The predicted molar refractivity (Wildman–Crippen MR) is 130 cm³/mol. The lowest BCUT2D eigenvalue weighted by Gasteiger charge is -2.29. The van der Waals surface area contributed by atoms with Gasteiger partial charge in [0.15, 0.2) is 5.96 Å². The third-order valence-corrected chi connectivity index (χ3v) is 5.98. The second kappa shape index (κ2) is 12.4. The van der Waals surface area contributed by atoms with Crippen molar-refractivity contribution in [2.45, 2.75) is 51.6 Å². The van der Waals surface area contributed by atoms with E-state index in [2.05, 4.69) is 51.7 Å². The van der Waals surface area contributed by atoms with Crippen molar-refractivity contribution in [2.24, 2.45) is 4.99 Å². The molecule has 0 bridgehead atoms. The van der Waals surface area contributed by atoms with Gasteiger partial charge in [-0.1, -0.05) is 31.2 Å². The molecule has 2 aliphatic rings. The Morgan fingerprint density at radius 3 is 2.76 bits per heavy atom. The smallest absolute Gasteiger partial charge is 0.222 e. The molecule has 1 atom stereocenters. The van der Waals surface area contributed by atoms with Crippen molar-refractivity contribution in [2.75, 3.05) is 39.8 Å². The van der Waals surface area contributed by atoms with Gasteiger partial charge in [0, 0.05) is 45.7 Å². The molecule has 0 spiro atoms. The average Bonchev–Trinajstić information content (AvgIpc) is 3.20. The number of carbonyl (C=O) groups excluding carboxylic acids is 1. The third-order valence-electron chi connectivity index (χ3n) is 5.98. The van der Waals surface area contributed by atoms with E-state index in [1.807, 2.05) is 4.90 Å². The second-order valence-electron chi connectivity index (χ2n) is 7.74. The number of likely N-dealkylation sites (N-methyl/N-ethyl adjacent to an activating group) is 1. The molecule has 1 aromatic carbocycles. The van der Waals surface area contributed by atoms with Gasteiger partial charge in [-0.3, -0.25) is 14.7 Å². The summed E-state index contributed by atoms with van der Waals surface area (Å²) < 4.78 is 0. The fraction of sp³-hybridized carbons (Fsp3) is 0.636. The van der Waals surface area contributed by atoms with Crippen LogP contribution < -0.4 is 10.6 Å². The van der Waals surface area contributed by atoms with Crippen LogP contribution in [-0.4, -0.2) is 67.5 Å². The number of aliphatic imine (C=N–C) groups is 1. The van der Waals surface area contributed by atoms with Crippen molar-refractivity contribution in [3.63, 3.8) is 0 Å². The number of likely N-dealkylation sites (tertiary alicyclic amines) is 1. The minimum absolute atomic E-state index is 0. The number of carbonyl (C=O) groups is 1. The summed E-state index contributed by atoms with van der Waals surface area (Å²) >= 11 is 0. The second-order valence-corrected chi connectivity index (χ2v) is 7.74. The molecule has 1 saturated heterocycles. The molecule has 1 aromatic rings. The van der Waals surface area contributed by atoms with Gasteiger partial charge in [-0.15, -0.1) is 24.0 Å². The zero-order valence-electron chi connectivity index (χ0n) is 17.8. The van der Waals surface area contributed by atoms with Crippen LogP contribution in [0.2, 0.25) is 0 Å². The lowest BCUT2D eigenvalue weighted by molar-refractivity contribution is -0.132. The molecular weight excluding hydrogens is 477 g/mol. The molecule has 1 amide bonds. The van der Waals surface area contributed by atoms with Crippen LogP contribution in [0.1, 0.15) is 43.7 Å². The Morgan fingerprint density at radius 1 is 1.21 bits per heavy atom. The third kappa shape index (κ3) is 6.84. The number of rotatable bonds is 7. The number of hydrogen-bond donors (Lipinski definition) is 2. The molecule has 7 heteroatoms. The van der Waals surface area contributed by atoms with Crippen molar-refractivity contribution in [3.8, 4) is 0 Å². The topological polar surface area (TPSA) is 60.0 Å². The first-order valence-corrected chi connectivity index (χ1v) is 10.7. The fourth-order valence-electron chi connectivity index (χ4n) is 4.29. The minimum Gasteiger partial charge on any atom is -0.356 e. The van der Waals surface area contributed by atoms with Crippen LogP contribution in [0.3, 0.4) is 0 Å². The van der Waals surface area contributed by atoms with Crippen LogP contribution in [0, 0.1) is 0 Å². The summed E-state index contributed by atoms with van der Waals surface area (Å²) in [5, 5.41) is 6.79. The summed E-state index contributed by atoms with van der Waals surface area (Å²) in [7, 11) is 1.80. The summed E-state index contributed by atoms with van der Waals surface area (Å²) in [5.74, 6) is 1.09. The average molecular weight is 513 g/mol. The number of halogens is 1. The lowest BCUT2D eigenvalue weighted by Crippen LogP contribution is -2.45. The molecule has 162 valence electrons. The van der Waals surface area contributed by atoms with Gasteiger partial charge in [0.05, 0.1) is 0 Å². The van der Waals surface area contributed by atoms with Gasteiger partial charge in [-0.05, 0) is 49.9 Å². The summed E-state index contributed by atoms with van der Waals surface area (Å²) in [6, 6.07) is 9.05. The Kier molecular flexibility index (Phi) is 10.2. The fourth-order valence-corrected chi connectivity index (χ4v) is 4.29. The van der Waals surface area contributed by atoms with Crippen LogP contribution in [0.25, 0.3) is 0 Å². The van der Waals surface area contributed by atoms with E-state index in [0.717, 1.165) is 51.5 Å². The maximum absolute atomic E-state index is 12.5. The van der Waals surface area contributed by atoms with Gasteiger partial charge < -0.3 is 15.5 Å². The Balaban J connectivity index is 0.00000300. The van der Waals surface area contributed by atoms with E-state index in [9.17, 15) is 4.79 Å². The SMILES string of the molecule is CCN1CCCC1CNC(=NC)NCCCC(=O)N1CCc2ccccc2C1.I. The molecule has 0 aliphatic carbocycles. The maximum Gasteiger partial charge on any atom is 0.222 e. The number of nitrogens with zero attached hydrogens (tertiary/aromatic N) is 3. The molecule has 2 N–H and O–H groups in total. The van der Waals surface area contributed by atoms with Gasteiger partial charge in [0.25, 0.3) is 0 Å². The highest BCUT2D eigenvalue weighted by atomic mass is 127. The normalized spacial score (nSPS) is 19.4.